The van der Waals surface area contributed by atoms with Gasteiger partial charge in [-0.2, -0.15) is 0 Å². The summed E-state index contributed by atoms with van der Waals surface area (Å²) in [6.45, 7) is 3.70. The van der Waals surface area contributed by atoms with Crippen LogP contribution in [0, 0.1) is 13.8 Å². The Labute approximate surface area is 111 Å². The molecule has 0 aliphatic heterocycles. The standard InChI is InChI=1S/C15H16N2O2/c1-9-7-10(2)14(18)13(8-9)17-15(19)11-3-5-12(16)6-4-11/h3-8,18H,16H2,1-2H3,(H,17,19). The Morgan fingerprint density at radius 2 is 1.79 bits per heavy atom. The Balaban J connectivity index is 2.26. The van der Waals surface area contributed by atoms with E-state index in [0.717, 1.165) is 11.1 Å². The van der Waals surface area contributed by atoms with Crippen molar-refractivity contribution in [1.29, 1.82) is 0 Å². The van der Waals surface area contributed by atoms with Gasteiger partial charge in [0.05, 0.1) is 5.69 Å². The second-order valence-corrected chi connectivity index (χ2v) is 4.55. The van der Waals surface area contributed by atoms with Gasteiger partial charge in [0.25, 0.3) is 5.91 Å². The first-order valence-electron chi connectivity index (χ1n) is 5.94. The SMILES string of the molecule is Cc1cc(C)c(O)c(NC(=O)c2ccc(N)cc2)c1. The lowest BCUT2D eigenvalue weighted by Crippen LogP contribution is -2.12. The molecule has 0 unspecified atom stereocenters. The van der Waals surface area contributed by atoms with Crippen LogP contribution in [0.2, 0.25) is 0 Å². The van der Waals surface area contributed by atoms with Crippen molar-refractivity contribution in [1.82, 2.24) is 0 Å². The first-order valence-corrected chi connectivity index (χ1v) is 5.94. The van der Waals surface area contributed by atoms with Crippen molar-refractivity contribution in [3.8, 4) is 5.75 Å². The minimum atomic E-state index is -0.277. The van der Waals surface area contributed by atoms with E-state index in [1.54, 1.807) is 37.3 Å². The van der Waals surface area contributed by atoms with E-state index >= 15 is 0 Å². The average molecular weight is 256 g/mol. The van der Waals surface area contributed by atoms with Crippen molar-refractivity contribution < 1.29 is 9.90 Å². The van der Waals surface area contributed by atoms with Gasteiger partial charge in [-0.05, 0) is 55.3 Å². The summed E-state index contributed by atoms with van der Waals surface area (Å²) in [5, 5.41) is 12.6. The maximum atomic E-state index is 12.0. The molecule has 0 spiro atoms. The van der Waals surface area contributed by atoms with Gasteiger partial charge in [0.1, 0.15) is 5.75 Å². The van der Waals surface area contributed by atoms with Crippen molar-refractivity contribution >= 4 is 17.3 Å². The molecule has 2 aromatic rings. The van der Waals surface area contributed by atoms with Crippen LogP contribution in [0.4, 0.5) is 11.4 Å². The van der Waals surface area contributed by atoms with Crippen molar-refractivity contribution in [3.63, 3.8) is 0 Å². The molecule has 0 saturated carbocycles. The molecule has 0 fully saturated rings. The lowest BCUT2D eigenvalue weighted by molar-refractivity contribution is 0.102. The van der Waals surface area contributed by atoms with Crippen LogP contribution in [0.3, 0.4) is 0 Å². The number of aromatic hydroxyl groups is 1. The Morgan fingerprint density at radius 3 is 2.42 bits per heavy atom. The zero-order chi connectivity index (χ0) is 14.0. The summed E-state index contributed by atoms with van der Waals surface area (Å²) in [6.07, 6.45) is 0. The lowest BCUT2D eigenvalue weighted by atomic mass is 10.1. The van der Waals surface area contributed by atoms with Crippen LogP contribution < -0.4 is 11.1 Å². The van der Waals surface area contributed by atoms with Gasteiger partial charge in [-0.3, -0.25) is 4.79 Å². The van der Waals surface area contributed by atoms with Crippen molar-refractivity contribution in [3.05, 3.63) is 53.1 Å². The lowest BCUT2D eigenvalue weighted by Gasteiger charge is -2.10. The molecular weight excluding hydrogens is 240 g/mol. The second-order valence-electron chi connectivity index (χ2n) is 4.55. The third-order valence-electron chi connectivity index (χ3n) is 2.87. The molecule has 0 aliphatic carbocycles. The van der Waals surface area contributed by atoms with Crippen molar-refractivity contribution in [2.45, 2.75) is 13.8 Å². The molecule has 0 heterocycles. The minimum absolute atomic E-state index is 0.0920. The van der Waals surface area contributed by atoms with Crippen molar-refractivity contribution in [2.75, 3.05) is 11.1 Å². The summed E-state index contributed by atoms with van der Waals surface area (Å²) in [6, 6.07) is 10.2. The van der Waals surface area contributed by atoms with E-state index < -0.39 is 0 Å². The molecule has 0 aliphatic rings. The smallest absolute Gasteiger partial charge is 0.255 e. The third-order valence-corrected chi connectivity index (χ3v) is 2.87. The molecule has 0 saturated heterocycles. The minimum Gasteiger partial charge on any atom is -0.505 e. The van der Waals surface area contributed by atoms with Gasteiger partial charge in [-0.1, -0.05) is 6.07 Å². The molecular formula is C15H16N2O2. The number of hydrogen-bond donors (Lipinski definition) is 3. The van der Waals surface area contributed by atoms with Crippen LogP contribution >= 0.6 is 0 Å². The number of carbonyl (C=O) groups excluding carboxylic acids is 1. The third kappa shape index (κ3) is 2.85. The van der Waals surface area contributed by atoms with Gasteiger partial charge in [0, 0.05) is 11.3 Å². The summed E-state index contributed by atoms with van der Waals surface area (Å²) in [7, 11) is 0. The van der Waals surface area contributed by atoms with E-state index in [2.05, 4.69) is 5.32 Å². The van der Waals surface area contributed by atoms with Crippen LogP contribution in [0.25, 0.3) is 0 Å². The molecule has 4 nitrogen and oxygen atoms in total. The highest BCUT2D eigenvalue weighted by Crippen LogP contribution is 2.29. The van der Waals surface area contributed by atoms with Gasteiger partial charge >= 0.3 is 0 Å². The summed E-state index contributed by atoms with van der Waals surface area (Å²) in [5.41, 5.74) is 8.79. The number of phenolic OH excluding ortho intramolecular Hbond substituents is 1. The topological polar surface area (TPSA) is 75.3 Å². The molecule has 0 radical (unpaired) electrons. The summed E-state index contributed by atoms with van der Waals surface area (Å²) in [4.78, 5) is 12.0. The predicted molar refractivity (Wildman–Crippen MR) is 76.4 cm³/mol. The average Bonchev–Trinajstić information content (AvgIpc) is 2.36. The highest BCUT2D eigenvalue weighted by atomic mass is 16.3. The molecule has 0 bridgehead atoms. The molecule has 2 rings (SSSR count). The van der Waals surface area contributed by atoms with Gasteiger partial charge < -0.3 is 16.2 Å². The molecule has 1 amide bonds. The predicted octanol–water partition coefficient (Wildman–Crippen LogP) is 2.84. The number of phenols is 1. The molecule has 4 heteroatoms. The van der Waals surface area contributed by atoms with E-state index in [9.17, 15) is 9.90 Å². The molecule has 0 atom stereocenters. The second kappa shape index (κ2) is 5.02. The van der Waals surface area contributed by atoms with Gasteiger partial charge in [-0.15, -0.1) is 0 Å². The number of hydrogen-bond acceptors (Lipinski definition) is 3. The number of nitrogens with one attached hydrogen (secondary N) is 1. The normalized spacial score (nSPS) is 10.2. The molecule has 19 heavy (non-hydrogen) atoms. The van der Waals surface area contributed by atoms with E-state index in [4.69, 9.17) is 5.73 Å². The summed E-state index contributed by atoms with van der Waals surface area (Å²) < 4.78 is 0. The largest absolute Gasteiger partial charge is 0.505 e. The van der Waals surface area contributed by atoms with Gasteiger partial charge in [0.2, 0.25) is 0 Å². The fraction of sp³-hybridized carbons (Fsp3) is 0.133. The molecule has 0 aromatic heterocycles. The number of amides is 1. The van der Waals surface area contributed by atoms with Gasteiger partial charge in [-0.25, -0.2) is 0 Å². The van der Waals surface area contributed by atoms with E-state index in [0.29, 0.717) is 16.9 Å². The molecule has 4 N–H and O–H groups in total. The number of anilines is 2. The number of rotatable bonds is 2. The van der Waals surface area contributed by atoms with Crippen LogP contribution in [0.15, 0.2) is 36.4 Å². The number of carbonyl (C=O) groups is 1. The number of aryl methyl sites for hydroxylation is 2. The Kier molecular flexibility index (Phi) is 3.42. The quantitative estimate of drug-likeness (QED) is 0.571. The summed E-state index contributed by atoms with van der Waals surface area (Å²) in [5.74, 6) is -0.185. The zero-order valence-corrected chi connectivity index (χ0v) is 10.9. The van der Waals surface area contributed by atoms with E-state index in [-0.39, 0.29) is 11.7 Å². The first-order chi connectivity index (χ1) is 8.97. The molecule has 98 valence electrons. The maximum absolute atomic E-state index is 12.0. The monoisotopic (exact) mass is 256 g/mol. The van der Waals surface area contributed by atoms with Crippen LogP contribution in [0.5, 0.6) is 5.75 Å². The van der Waals surface area contributed by atoms with Crippen LogP contribution in [-0.4, -0.2) is 11.0 Å². The highest BCUT2D eigenvalue weighted by Gasteiger charge is 2.10. The molecule has 2 aromatic carbocycles. The van der Waals surface area contributed by atoms with Gasteiger partial charge in [0.15, 0.2) is 0 Å². The Hall–Kier alpha value is -2.49. The van der Waals surface area contributed by atoms with Crippen LogP contribution in [0.1, 0.15) is 21.5 Å². The maximum Gasteiger partial charge on any atom is 0.255 e. The van der Waals surface area contributed by atoms with E-state index in [1.807, 2.05) is 13.0 Å². The fourth-order valence-electron chi connectivity index (χ4n) is 1.88. The van der Waals surface area contributed by atoms with Crippen molar-refractivity contribution in [2.24, 2.45) is 0 Å². The zero-order valence-electron chi connectivity index (χ0n) is 10.9. The first kappa shape index (κ1) is 13.0. The Bertz CT molecular complexity index is 619. The number of nitrogen functional groups attached to an aromatic ring is 1. The Morgan fingerprint density at radius 1 is 1.16 bits per heavy atom. The number of nitrogens with two attached hydrogens (primary N) is 1. The van der Waals surface area contributed by atoms with Crippen LogP contribution in [-0.2, 0) is 0 Å². The number of benzene rings is 2. The summed E-state index contributed by atoms with van der Waals surface area (Å²) >= 11 is 0. The van der Waals surface area contributed by atoms with E-state index in [1.165, 1.54) is 0 Å². The highest BCUT2D eigenvalue weighted by molar-refractivity contribution is 6.05. The fourth-order valence-corrected chi connectivity index (χ4v) is 1.88.